The summed E-state index contributed by atoms with van der Waals surface area (Å²) >= 11 is 0. The van der Waals surface area contributed by atoms with Crippen molar-refractivity contribution in [2.45, 2.75) is 43.2 Å². The normalized spacial score (nSPS) is 22.1. The van der Waals surface area contributed by atoms with E-state index in [1.54, 1.807) is 0 Å². The molecule has 1 heterocycles. The van der Waals surface area contributed by atoms with E-state index in [0.717, 1.165) is 35.9 Å². The van der Waals surface area contributed by atoms with Crippen LogP contribution in [-0.4, -0.2) is 49.8 Å². The summed E-state index contributed by atoms with van der Waals surface area (Å²) in [5.74, 6) is -2.09. The smallest absolute Gasteiger partial charge is 0.308 e. The van der Waals surface area contributed by atoms with Crippen molar-refractivity contribution in [2.24, 2.45) is 5.92 Å². The predicted octanol–water partition coefficient (Wildman–Crippen LogP) is 1.29. The SMILES string of the molecule is CN(C)S(=O)(=O)c1cc(C(=O)N[C@H]2CCCCC[C@H]2C(=O)O)co1. The molecule has 1 aromatic heterocycles. The van der Waals surface area contributed by atoms with Gasteiger partial charge >= 0.3 is 5.97 Å². The number of aliphatic carboxylic acids is 1. The van der Waals surface area contributed by atoms with Gasteiger partial charge in [0.05, 0.1) is 11.5 Å². The Balaban J connectivity index is 2.14. The fraction of sp³-hybridized carbons (Fsp3) is 0.600. The number of sulfonamides is 1. The van der Waals surface area contributed by atoms with Crippen LogP contribution in [0, 0.1) is 5.92 Å². The third-order valence-electron chi connectivity index (χ3n) is 4.22. The summed E-state index contributed by atoms with van der Waals surface area (Å²) in [6.45, 7) is 0. The van der Waals surface area contributed by atoms with Gasteiger partial charge in [0.15, 0.2) is 0 Å². The Labute approximate surface area is 140 Å². The second-order valence-electron chi connectivity index (χ2n) is 6.10. The highest BCUT2D eigenvalue weighted by Gasteiger charge is 2.31. The number of hydrogen-bond acceptors (Lipinski definition) is 5. The van der Waals surface area contributed by atoms with Crippen molar-refractivity contribution in [2.75, 3.05) is 14.1 Å². The van der Waals surface area contributed by atoms with Crippen molar-refractivity contribution < 1.29 is 27.5 Å². The van der Waals surface area contributed by atoms with E-state index < -0.39 is 33.9 Å². The van der Waals surface area contributed by atoms with Gasteiger partial charge in [0.1, 0.15) is 6.26 Å². The lowest BCUT2D eigenvalue weighted by Gasteiger charge is -2.22. The predicted molar refractivity (Wildman–Crippen MR) is 85.0 cm³/mol. The maximum atomic E-state index is 12.3. The van der Waals surface area contributed by atoms with Crippen molar-refractivity contribution in [3.05, 3.63) is 17.9 Å². The van der Waals surface area contributed by atoms with Gasteiger partial charge in [-0.3, -0.25) is 9.59 Å². The molecule has 1 saturated carbocycles. The van der Waals surface area contributed by atoms with Crippen LogP contribution < -0.4 is 5.32 Å². The van der Waals surface area contributed by atoms with Crippen LogP contribution in [0.25, 0.3) is 0 Å². The zero-order valence-electron chi connectivity index (χ0n) is 13.7. The first-order chi connectivity index (χ1) is 11.2. The molecule has 2 rings (SSSR count). The molecule has 2 atom stereocenters. The molecule has 8 nitrogen and oxygen atoms in total. The van der Waals surface area contributed by atoms with Gasteiger partial charge in [-0.25, -0.2) is 12.7 Å². The third-order valence-corrected chi connectivity index (χ3v) is 5.91. The number of carboxylic acids is 1. The van der Waals surface area contributed by atoms with Crippen molar-refractivity contribution in [3.63, 3.8) is 0 Å². The van der Waals surface area contributed by atoms with Crippen LogP contribution in [0.1, 0.15) is 42.5 Å². The standard InChI is InChI=1S/C15H22N2O6S/c1-17(2)24(21,22)13-8-10(9-23-13)14(18)16-12-7-5-3-4-6-11(12)15(19)20/h8-9,11-12H,3-7H2,1-2H3,(H,16,18)(H,19,20)/t11-,12+/m1/s1. The Kier molecular flexibility index (Phi) is 5.66. The number of furan rings is 1. The molecule has 0 aliphatic heterocycles. The first-order valence-corrected chi connectivity index (χ1v) is 9.22. The number of amides is 1. The molecule has 1 amide bonds. The molecular formula is C15H22N2O6S. The molecule has 0 bridgehead atoms. The lowest BCUT2D eigenvalue weighted by molar-refractivity contribution is -0.142. The molecule has 2 N–H and O–H groups in total. The number of carboxylic acid groups (broad SMARTS) is 1. The second-order valence-corrected chi connectivity index (χ2v) is 8.19. The van der Waals surface area contributed by atoms with Crippen molar-refractivity contribution in [3.8, 4) is 0 Å². The van der Waals surface area contributed by atoms with Crippen molar-refractivity contribution in [1.82, 2.24) is 9.62 Å². The van der Waals surface area contributed by atoms with Crippen LogP contribution in [-0.2, 0) is 14.8 Å². The molecule has 0 unspecified atom stereocenters. The maximum Gasteiger partial charge on any atom is 0.308 e. The topological polar surface area (TPSA) is 117 Å². The Morgan fingerprint density at radius 2 is 1.92 bits per heavy atom. The van der Waals surface area contributed by atoms with E-state index in [9.17, 15) is 23.1 Å². The van der Waals surface area contributed by atoms with E-state index in [-0.39, 0.29) is 10.7 Å². The van der Waals surface area contributed by atoms with E-state index >= 15 is 0 Å². The minimum absolute atomic E-state index is 0.0591. The van der Waals surface area contributed by atoms with Crippen LogP contribution in [0.2, 0.25) is 0 Å². The van der Waals surface area contributed by atoms with Crippen LogP contribution in [0.4, 0.5) is 0 Å². The molecule has 24 heavy (non-hydrogen) atoms. The van der Waals surface area contributed by atoms with Gasteiger partial charge in [-0.2, -0.15) is 0 Å². The first-order valence-electron chi connectivity index (χ1n) is 7.78. The maximum absolute atomic E-state index is 12.3. The fourth-order valence-corrected chi connectivity index (χ4v) is 3.58. The third kappa shape index (κ3) is 3.96. The van der Waals surface area contributed by atoms with Gasteiger partial charge in [-0.15, -0.1) is 0 Å². The molecule has 0 saturated heterocycles. The van der Waals surface area contributed by atoms with Gasteiger partial charge in [0, 0.05) is 26.2 Å². The minimum atomic E-state index is -3.76. The Morgan fingerprint density at radius 3 is 2.54 bits per heavy atom. The summed E-state index contributed by atoms with van der Waals surface area (Å²) in [5.41, 5.74) is 0.0591. The highest BCUT2D eigenvalue weighted by Crippen LogP contribution is 2.24. The van der Waals surface area contributed by atoms with E-state index in [1.807, 2.05) is 0 Å². The lowest BCUT2D eigenvalue weighted by Crippen LogP contribution is -2.42. The summed E-state index contributed by atoms with van der Waals surface area (Å²) in [7, 11) is -1.04. The zero-order valence-corrected chi connectivity index (χ0v) is 14.5. The fourth-order valence-electron chi connectivity index (χ4n) is 2.78. The molecule has 1 aliphatic carbocycles. The molecule has 0 spiro atoms. The molecule has 134 valence electrons. The number of hydrogen-bond donors (Lipinski definition) is 2. The molecule has 9 heteroatoms. The Bertz CT molecular complexity index is 709. The number of nitrogens with zero attached hydrogens (tertiary/aromatic N) is 1. The lowest BCUT2D eigenvalue weighted by atomic mass is 9.94. The van der Waals surface area contributed by atoms with Crippen molar-refractivity contribution in [1.29, 1.82) is 0 Å². The number of carbonyl (C=O) groups excluding carboxylic acids is 1. The largest absolute Gasteiger partial charge is 0.481 e. The summed E-state index contributed by atoms with van der Waals surface area (Å²) in [6, 6.07) is 0.679. The number of rotatable bonds is 5. The van der Waals surface area contributed by atoms with Gasteiger partial charge in [-0.1, -0.05) is 19.3 Å². The summed E-state index contributed by atoms with van der Waals surface area (Å²) in [4.78, 5) is 23.7. The summed E-state index contributed by atoms with van der Waals surface area (Å²) in [6.07, 6.45) is 4.78. The quantitative estimate of drug-likeness (QED) is 0.766. The molecule has 1 fully saturated rings. The van der Waals surface area contributed by atoms with Gasteiger partial charge < -0.3 is 14.8 Å². The summed E-state index contributed by atoms with van der Waals surface area (Å²) < 4.78 is 29.9. The average molecular weight is 358 g/mol. The van der Waals surface area contributed by atoms with Crippen molar-refractivity contribution >= 4 is 21.9 Å². The molecule has 0 aromatic carbocycles. The molecule has 1 aromatic rings. The van der Waals surface area contributed by atoms with Crippen LogP contribution in [0.15, 0.2) is 21.8 Å². The van der Waals surface area contributed by atoms with Gasteiger partial charge in [-0.05, 0) is 12.8 Å². The molecule has 0 radical (unpaired) electrons. The number of nitrogens with one attached hydrogen (secondary N) is 1. The zero-order chi connectivity index (χ0) is 17.9. The highest BCUT2D eigenvalue weighted by atomic mass is 32.2. The van der Waals surface area contributed by atoms with E-state index in [1.165, 1.54) is 14.1 Å². The van der Waals surface area contributed by atoms with Gasteiger partial charge in [0.2, 0.25) is 5.09 Å². The Morgan fingerprint density at radius 1 is 1.25 bits per heavy atom. The Hall–Kier alpha value is -1.87. The highest BCUT2D eigenvalue weighted by molar-refractivity contribution is 7.88. The van der Waals surface area contributed by atoms with E-state index in [4.69, 9.17) is 4.42 Å². The number of carbonyl (C=O) groups is 2. The van der Waals surface area contributed by atoms with Crippen LogP contribution in [0.3, 0.4) is 0 Å². The molecular weight excluding hydrogens is 336 g/mol. The van der Waals surface area contributed by atoms with E-state index in [0.29, 0.717) is 12.8 Å². The first kappa shape index (κ1) is 18.5. The average Bonchev–Trinajstić information content (AvgIpc) is 2.89. The van der Waals surface area contributed by atoms with E-state index in [2.05, 4.69) is 5.32 Å². The minimum Gasteiger partial charge on any atom is -0.481 e. The van der Waals surface area contributed by atoms with Crippen LogP contribution >= 0.6 is 0 Å². The van der Waals surface area contributed by atoms with Gasteiger partial charge in [0.25, 0.3) is 15.9 Å². The monoisotopic (exact) mass is 358 g/mol. The second kappa shape index (κ2) is 7.35. The van der Waals surface area contributed by atoms with Crippen LogP contribution in [0.5, 0.6) is 0 Å². The summed E-state index contributed by atoms with van der Waals surface area (Å²) in [5, 5.41) is 11.7. The molecule has 1 aliphatic rings.